The van der Waals surface area contributed by atoms with Crippen molar-refractivity contribution in [1.29, 1.82) is 0 Å². The summed E-state index contributed by atoms with van der Waals surface area (Å²) in [5.74, 6) is -0.226. The molecule has 7 nitrogen and oxygen atoms in total. The molecule has 2 aliphatic heterocycles. The molecule has 0 aromatic heterocycles. The van der Waals surface area contributed by atoms with Gasteiger partial charge in [0.05, 0.1) is 37.5 Å². The highest BCUT2D eigenvalue weighted by atomic mass is 32.2. The Morgan fingerprint density at radius 1 is 1.21 bits per heavy atom. The topological polar surface area (TPSA) is 84.9 Å². The number of sulfonamides is 1. The second-order valence-corrected chi connectivity index (χ2v) is 8.43. The Bertz CT molecular complexity index is 737. The number of amides is 1. The average Bonchev–Trinajstić information content (AvgIpc) is 2.54. The van der Waals surface area contributed by atoms with Crippen molar-refractivity contribution in [3.63, 3.8) is 0 Å². The van der Waals surface area contributed by atoms with E-state index in [1.807, 2.05) is 6.92 Å². The van der Waals surface area contributed by atoms with Gasteiger partial charge in [-0.25, -0.2) is 8.42 Å². The maximum absolute atomic E-state index is 13.0. The number of hydrogen-bond donors (Lipinski definition) is 1. The van der Waals surface area contributed by atoms with Crippen molar-refractivity contribution in [3.05, 3.63) is 23.8 Å². The molecule has 0 unspecified atom stereocenters. The summed E-state index contributed by atoms with van der Waals surface area (Å²) in [6.07, 6.45) is 0. The van der Waals surface area contributed by atoms with Gasteiger partial charge >= 0.3 is 0 Å². The lowest BCUT2D eigenvalue weighted by Crippen LogP contribution is -2.49. The normalized spacial score (nSPS) is 21.1. The molecular formula is C16H22N2O5S. The molecule has 24 heavy (non-hydrogen) atoms. The highest BCUT2D eigenvalue weighted by Gasteiger charge is 2.41. The van der Waals surface area contributed by atoms with Crippen molar-refractivity contribution in [1.82, 2.24) is 4.31 Å². The number of benzene rings is 1. The molecular weight excluding hydrogens is 332 g/mol. The number of morpholine rings is 1. The van der Waals surface area contributed by atoms with E-state index in [2.05, 4.69) is 5.32 Å². The maximum atomic E-state index is 13.0. The fourth-order valence-corrected chi connectivity index (χ4v) is 4.32. The van der Waals surface area contributed by atoms with E-state index in [0.29, 0.717) is 45.2 Å². The van der Waals surface area contributed by atoms with Gasteiger partial charge in [0.25, 0.3) is 0 Å². The molecule has 0 radical (unpaired) electrons. The molecule has 2 heterocycles. The minimum atomic E-state index is -3.69. The van der Waals surface area contributed by atoms with Gasteiger partial charge in [-0.2, -0.15) is 4.31 Å². The molecule has 1 amide bonds. The third-order valence-electron chi connectivity index (χ3n) is 4.36. The molecule has 8 heteroatoms. The summed E-state index contributed by atoms with van der Waals surface area (Å²) in [4.78, 5) is 12.6. The van der Waals surface area contributed by atoms with Crippen molar-refractivity contribution in [3.8, 4) is 0 Å². The first-order chi connectivity index (χ1) is 11.3. The third kappa shape index (κ3) is 3.19. The van der Waals surface area contributed by atoms with E-state index in [1.165, 1.54) is 4.31 Å². The van der Waals surface area contributed by atoms with Crippen LogP contribution in [0.5, 0.6) is 0 Å². The zero-order chi connectivity index (χ0) is 17.4. The number of rotatable bonds is 4. The van der Waals surface area contributed by atoms with Crippen molar-refractivity contribution in [2.45, 2.75) is 18.7 Å². The number of aryl methyl sites for hydroxylation is 1. The Morgan fingerprint density at radius 3 is 2.46 bits per heavy atom. The predicted octanol–water partition coefficient (Wildman–Crippen LogP) is 0.991. The van der Waals surface area contributed by atoms with Crippen LogP contribution in [0, 0.1) is 12.3 Å². The molecule has 0 saturated carbocycles. The smallest absolute Gasteiger partial charge is 0.245 e. The van der Waals surface area contributed by atoms with Crippen molar-refractivity contribution < 1.29 is 22.7 Å². The van der Waals surface area contributed by atoms with Gasteiger partial charge in [-0.3, -0.25) is 4.79 Å². The van der Waals surface area contributed by atoms with Gasteiger partial charge in [0.1, 0.15) is 4.90 Å². The molecule has 132 valence electrons. The number of nitrogens with one attached hydrogen (secondary N) is 1. The number of ether oxygens (including phenoxy) is 2. The number of carbonyl (C=O) groups is 1. The molecule has 0 atom stereocenters. The van der Waals surface area contributed by atoms with E-state index in [-0.39, 0.29) is 10.8 Å². The van der Waals surface area contributed by atoms with Crippen molar-refractivity contribution in [2.75, 3.05) is 44.8 Å². The number of nitrogens with zero attached hydrogens (tertiary/aromatic N) is 1. The minimum Gasteiger partial charge on any atom is -0.379 e. The van der Waals surface area contributed by atoms with Gasteiger partial charge in [-0.1, -0.05) is 6.07 Å². The lowest BCUT2D eigenvalue weighted by atomic mass is 9.87. The van der Waals surface area contributed by atoms with E-state index in [0.717, 1.165) is 5.56 Å². The van der Waals surface area contributed by atoms with Crippen LogP contribution in [-0.4, -0.2) is 58.1 Å². The third-order valence-corrected chi connectivity index (χ3v) is 6.30. The summed E-state index contributed by atoms with van der Waals surface area (Å²) in [5, 5.41) is 2.77. The Hall–Kier alpha value is -1.48. The van der Waals surface area contributed by atoms with E-state index in [4.69, 9.17) is 9.47 Å². The van der Waals surface area contributed by atoms with Crippen LogP contribution in [0.2, 0.25) is 0 Å². The van der Waals surface area contributed by atoms with Crippen LogP contribution < -0.4 is 5.32 Å². The molecule has 2 saturated heterocycles. The molecule has 0 spiro atoms. The van der Waals surface area contributed by atoms with Crippen LogP contribution >= 0.6 is 0 Å². The highest BCUT2D eigenvalue weighted by molar-refractivity contribution is 7.89. The second kappa shape index (κ2) is 6.44. The predicted molar refractivity (Wildman–Crippen MR) is 88.3 cm³/mol. The Balaban J connectivity index is 1.92. The van der Waals surface area contributed by atoms with Crippen LogP contribution in [0.1, 0.15) is 12.5 Å². The maximum Gasteiger partial charge on any atom is 0.245 e. The fourth-order valence-electron chi connectivity index (χ4n) is 2.68. The van der Waals surface area contributed by atoms with E-state index >= 15 is 0 Å². The number of hydrogen-bond acceptors (Lipinski definition) is 5. The molecule has 2 fully saturated rings. The van der Waals surface area contributed by atoms with Crippen molar-refractivity contribution in [2.24, 2.45) is 5.41 Å². The van der Waals surface area contributed by atoms with E-state index < -0.39 is 15.4 Å². The second-order valence-electron chi connectivity index (χ2n) is 6.52. The molecule has 3 rings (SSSR count). The highest BCUT2D eigenvalue weighted by Crippen LogP contribution is 2.31. The van der Waals surface area contributed by atoms with Gasteiger partial charge < -0.3 is 14.8 Å². The first-order valence-corrected chi connectivity index (χ1v) is 9.35. The molecule has 0 bridgehead atoms. The van der Waals surface area contributed by atoms with E-state index in [9.17, 15) is 13.2 Å². The Kier molecular flexibility index (Phi) is 4.65. The summed E-state index contributed by atoms with van der Waals surface area (Å²) < 4.78 is 37.7. The molecule has 2 aliphatic rings. The molecule has 0 aliphatic carbocycles. The largest absolute Gasteiger partial charge is 0.379 e. The lowest BCUT2D eigenvalue weighted by Gasteiger charge is -2.36. The zero-order valence-electron chi connectivity index (χ0n) is 13.9. The summed E-state index contributed by atoms with van der Waals surface area (Å²) in [6, 6.07) is 5.02. The summed E-state index contributed by atoms with van der Waals surface area (Å²) in [5.41, 5.74) is 0.522. The number of anilines is 1. The lowest BCUT2D eigenvalue weighted by molar-refractivity contribution is -0.151. The van der Waals surface area contributed by atoms with Gasteiger partial charge in [0.15, 0.2) is 0 Å². The number of carbonyl (C=O) groups excluding carboxylic acids is 1. The van der Waals surface area contributed by atoms with Gasteiger partial charge in [0, 0.05) is 13.1 Å². The summed E-state index contributed by atoms with van der Waals surface area (Å²) >= 11 is 0. The van der Waals surface area contributed by atoms with Crippen LogP contribution in [0.3, 0.4) is 0 Å². The van der Waals surface area contributed by atoms with E-state index in [1.54, 1.807) is 25.1 Å². The fraction of sp³-hybridized carbons (Fsp3) is 0.562. The standard InChI is InChI=1S/C16H22N2O5S/c1-12-3-4-13(17-15(19)16(2)10-23-11-16)14(9-12)24(20,21)18-5-7-22-8-6-18/h3-4,9H,5-8,10-11H2,1-2H3,(H,17,19). The zero-order valence-corrected chi connectivity index (χ0v) is 14.7. The van der Waals surface area contributed by atoms with Gasteiger partial charge in [-0.05, 0) is 31.5 Å². The summed E-state index contributed by atoms with van der Waals surface area (Å²) in [6.45, 7) is 5.70. The first kappa shape index (κ1) is 17.3. The summed E-state index contributed by atoms with van der Waals surface area (Å²) in [7, 11) is -3.69. The first-order valence-electron chi connectivity index (χ1n) is 7.91. The quantitative estimate of drug-likeness (QED) is 0.872. The van der Waals surface area contributed by atoms with Crippen molar-refractivity contribution >= 4 is 21.6 Å². The van der Waals surface area contributed by atoms with Crippen LogP contribution in [0.4, 0.5) is 5.69 Å². The monoisotopic (exact) mass is 354 g/mol. The van der Waals surface area contributed by atoms with Crippen LogP contribution in [-0.2, 0) is 24.3 Å². The van der Waals surface area contributed by atoms with Crippen LogP contribution in [0.15, 0.2) is 23.1 Å². The van der Waals surface area contributed by atoms with Gasteiger partial charge in [0.2, 0.25) is 15.9 Å². The molecule has 1 aromatic carbocycles. The minimum absolute atomic E-state index is 0.126. The SMILES string of the molecule is Cc1ccc(NC(=O)C2(C)COC2)c(S(=O)(=O)N2CCOCC2)c1. The molecule has 1 N–H and O–H groups in total. The van der Waals surface area contributed by atoms with Crippen LogP contribution in [0.25, 0.3) is 0 Å². The Morgan fingerprint density at radius 2 is 1.88 bits per heavy atom. The molecule has 1 aromatic rings. The average molecular weight is 354 g/mol. The Labute approximate surface area is 142 Å². The van der Waals surface area contributed by atoms with Gasteiger partial charge in [-0.15, -0.1) is 0 Å².